The Morgan fingerprint density at radius 1 is 1.05 bits per heavy atom. The van der Waals surface area contributed by atoms with E-state index in [1.54, 1.807) is 22.2 Å². The van der Waals surface area contributed by atoms with Gasteiger partial charge in [0.15, 0.2) is 5.96 Å². The molecule has 1 saturated heterocycles. The maximum Gasteiger partial charge on any atom is 0.254 e. The van der Waals surface area contributed by atoms with Gasteiger partial charge in [-0.1, -0.05) is 89.9 Å². The Balaban J connectivity index is 1.36. The first-order valence-electron chi connectivity index (χ1n) is 15.9. The molecule has 2 amide bonds. The van der Waals surface area contributed by atoms with Crippen LogP contribution < -0.4 is 5.32 Å². The normalized spacial score (nSPS) is 21.0. The molecule has 2 fully saturated rings. The van der Waals surface area contributed by atoms with Crippen molar-refractivity contribution in [3.05, 3.63) is 94.6 Å². The van der Waals surface area contributed by atoms with Crippen molar-refractivity contribution in [2.45, 2.75) is 96.8 Å². The molecule has 3 aromatic rings. The van der Waals surface area contributed by atoms with Crippen LogP contribution in [0.25, 0.3) is 0 Å². The Morgan fingerprint density at radius 3 is 2.27 bits per heavy atom. The van der Waals surface area contributed by atoms with Gasteiger partial charge in [0, 0.05) is 18.0 Å². The van der Waals surface area contributed by atoms with Crippen molar-refractivity contribution in [3.63, 3.8) is 0 Å². The summed E-state index contributed by atoms with van der Waals surface area (Å²) in [6.07, 6.45) is 7.48. The zero-order chi connectivity index (χ0) is 31.2. The van der Waals surface area contributed by atoms with Crippen molar-refractivity contribution >= 4 is 17.8 Å². The second-order valence-electron chi connectivity index (χ2n) is 14.3. The highest BCUT2D eigenvalue weighted by atomic mass is 16.2. The summed E-state index contributed by atoms with van der Waals surface area (Å²) in [6.45, 7) is 11.5. The van der Waals surface area contributed by atoms with Crippen LogP contribution in [-0.4, -0.2) is 37.5 Å². The number of nitrogens with zero attached hydrogens (tertiary/aromatic N) is 4. The first kappa shape index (κ1) is 30.0. The Morgan fingerprint density at radius 2 is 1.70 bits per heavy atom. The second-order valence-corrected chi connectivity index (χ2v) is 14.3. The Labute approximate surface area is 260 Å². The summed E-state index contributed by atoms with van der Waals surface area (Å²) >= 11 is 0. The van der Waals surface area contributed by atoms with Crippen LogP contribution in [0.5, 0.6) is 0 Å². The van der Waals surface area contributed by atoms with Gasteiger partial charge >= 0.3 is 0 Å². The highest BCUT2D eigenvalue weighted by molar-refractivity contribution is 6.00. The summed E-state index contributed by atoms with van der Waals surface area (Å²) in [7, 11) is 0. The van der Waals surface area contributed by atoms with Crippen molar-refractivity contribution in [2.75, 3.05) is 0 Å². The topological polar surface area (TPSA) is 102 Å². The molecule has 6 rings (SSSR count). The highest BCUT2D eigenvalue weighted by Gasteiger charge is 2.47. The van der Waals surface area contributed by atoms with E-state index in [2.05, 4.69) is 68.1 Å². The molecule has 3 heterocycles. The minimum Gasteiger partial charge on any atom is -0.346 e. The SMILES string of the molecule is CC(C)CC(c1ccc(C(C)(C)C)c(C(=O)N2Cc3nccnc3C2)c1)N1C(=N)N[C@](CC2CC2)(c2ccccc2)CC1=O. The van der Waals surface area contributed by atoms with E-state index >= 15 is 0 Å². The molecule has 2 atom stereocenters. The fourth-order valence-corrected chi connectivity index (χ4v) is 6.94. The van der Waals surface area contributed by atoms with Gasteiger partial charge in [-0.2, -0.15) is 0 Å². The van der Waals surface area contributed by atoms with Crippen LogP contribution in [0.3, 0.4) is 0 Å². The quantitative estimate of drug-likeness (QED) is 0.312. The molecule has 0 spiro atoms. The number of amides is 2. The Kier molecular flexibility index (Phi) is 7.80. The molecule has 44 heavy (non-hydrogen) atoms. The number of carbonyl (C=O) groups excluding carboxylic acids is 2. The minimum absolute atomic E-state index is 0.0520. The van der Waals surface area contributed by atoms with Crippen molar-refractivity contribution < 1.29 is 9.59 Å². The molecular formula is C36H44N6O2. The number of nitrogens with one attached hydrogen (secondary N) is 2. The average molecular weight is 593 g/mol. The van der Waals surface area contributed by atoms with E-state index in [0.717, 1.165) is 34.5 Å². The molecule has 0 radical (unpaired) electrons. The summed E-state index contributed by atoms with van der Waals surface area (Å²) in [4.78, 5) is 40.7. The lowest BCUT2D eigenvalue weighted by molar-refractivity contribution is -0.133. The molecule has 1 saturated carbocycles. The highest BCUT2D eigenvalue weighted by Crippen LogP contribution is 2.45. The molecule has 0 bridgehead atoms. The van der Waals surface area contributed by atoms with Crippen LogP contribution in [0.4, 0.5) is 0 Å². The van der Waals surface area contributed by atoms with Crippen LogP contribution in [0.15, 0.2) is 60.9 Å². The van der Waals surface area contributed by atoms with Crippen LogP contribution in [0.1, 0.15) is 111 Å². The minimum atomic E-state index is -0.584. The molecular weight excluding hydrogens is 548 g/mol. The predicted octanol–water partition coefficient (Wildman–Crippen LogP) is 6.47. The van der Waals surface area contributed by atoms with Gasteiger partial charge in [0.1, 0.15) is 0 Å². The molecule has 230 valence electrons. The van der Waals surface area contributed by atoms with Crippen molar-refractivity contribution in [2.24, 2.45) is 11.8 Å². The summed E-state index contributed by atoms with van der Waals surface area (Å²) in [5.74, 6) is 0.854. The third-order valence-electron chi connectivity index (χ3n) is 9.28. The zero-order valence-electron chi connectivity index (χ0n) is 26.6. The smallest absolute Gasteiger partial charge is 0.254 e. The zero-order valence-corrected chi connectivity index (χ0v) is 26.6. The van der Waals surface area contributed by atoms with Gasteiger partial charge in [-0.05, 0) is 52.8 Å². The molecule has 3 aliphatic rings. The lowest BCUT2D eigenvalue weighted by Gasteiger charge is -2.46. The Bertz CT molecular complexity index is 1530. The molecule has 1 aromatic heterocycles. The number of guanidine groups is 1. The molecule has 2 aliphatic heterocycles. The number of fused-ring (bicyclic) bond motifs is 1. The van der Waals surface area contributed by atoms with Gasteiger partial charge in [0.05, 0.1) is 42.5 Å². The third kappa shape index (κ3) is 5.86. The standard InChI is InChI=1S/C36H44N6O2/c1-23(2)17-31(42-32(43)20-36(40-34(42)37,19-24-11-12-24)26-9-7-6-8-10-26)25-13-14-28(35(3,4)5)27(18-25)33(44)41-21-29-30(22-41)39-16-15-38-29/h6-10,13-16,18,23-24,31H,11-12,17,19-22H2,1-5H3,(H2,37,40)/t31?,36-/m0/s1. The van der Waals surface area contributed by atoms with Crippen LogP contribution >= 0.6 is 0 Å². The largest absolute Gasteiger partial charge is 0.346 e. The van der Waals surface area contributed by atoms with E-state index in [4.69, 9.17) is 0 Å². The lowest BCUT2D eigenvalue weighted by Crippen LogP contribution is -2.61. The lowest BCUT2D eigenvalue weighted by atomic mass is 9.79. The van der Waals surface area contributed by atoms with Gasteiger partial charge in [-0.3, -0.25) is 29.9 Å². The number of hydrogen-bond acceptors (Lipinski definition) is 5. The van der Waals surface area contributed by atoms with Crippen molar-refractivity contribution in [1.29, 1.82) is 5.41 Å². The monoisotopic (exact) mass is 592 g/mol. The van der Waals surface area contributed by atoms with Gasteiger partial charge in [-0.25, -0.2) is 0 Å². The fourth-order valence-electron chi connectivity index (χ4n) is 6.94. The third-order valence-corrected chi connectivity index (χ3v) is 9.28. The summed E-state index contributed by atoms with van der Waals surface area (Å²) in [5, 5.41) is 12.8. The Hall–Kier alpha value is -4.07. The average Bonchev–Trinajstić information content (AvgIpc) is 3.68. The van der Waals surface area contributed by atoms with E-state index in [1.165, 1.54) is 12.8 Å². The van der Waals surface area contributed by atoms with Gasteiger partial charge in [0.2, 0.25) is 5.91 Å². The van der Waals surface area contributed by atoms with Crippen LogP contribution in [-0.2, 0) is 28.8 Å². The number of hydrogen-bond donors (Lipinski definition) is 2. The van der Waals surface area contributed by atoms with E-state index < -0.39 is 5.54 Å². The van der Waals surface area contributed by atoms with E-state index in [-0.39, 0.29) is 35.1 Å². The van der Waals surface area contributed by atoms with Gasteiger partial charge < -0.3 is 10.2 Å². The maximum atomic E-state index is 14.2. The van der Waals surface area contributed by atoms with Crippen LogP contribution in [0.2, 0.25) is 0 Å². The summed E-state index contributed by atoms with van der Waals surface area (Å²) in [5.41, 5.74) is 4.33. The van der Waals surface area contributed by atoms with Crippen molar-refractivity contribution in [3.8, 4) is 0 Å². The number of carbonyl (C=O) groups is 2. The number of rotatable bonds is 8. The molecule has 8 nitrogen and oxygen atoms in total. The van der Waals surface area contributed by atoms with Gasteiger partial charge in [-0.15, -0.1) is 0 Å². The first-order valence-corrected chi connectivity index (χ1v) is 15.9. The fraction of sp³-hybridized carbons (Fsp3) is 0.472. The molecule has 8 heteroatoms. The molecule has 2 aromatic carbocycles. The maximum absolute atomic E-state index is 14.2. The predicted molar refractivity (Wildman–Crippen MR) is 171 cm³/mol. The molecule has 1 aliphatic carbocycles. The summed E-state index contributed by atoms with van der Waals surface area (Å²) < 4.78 is 0. The number of benzene rings is 2. The van der Waals surface area contributed by atoms with E-state index in [0.29, 0.717) is 37.4 Å². The second kappa shape index (κ2) is 11.5. The summed E-state index contributed by atoms with van der Waals surface area (Å²) in [6, 6.07) is 15.8. The van der Waals surface area contributed by atoms with E-state index in [9.17, 15) is 15.0 Å². The molecule has 1 unspecified atom stereocenters. The van der Waals surface area contributed by atoms with E-state index in [1.807, 2.05) is 30.3 Å². The van der Waals surface area contributed by atoms with Crippen molar-refractivity contribution in [1.82, 2.24) is 25.1 Å². The van der Waals surface area contributed by atoms with Crippen LogP contribution in [0, 0.1) is 17.2 Å². The molecule has 2 N–H and O–H groups in total. The number of aromatic nitrogens is 2. The first-order chi connectivity index (χ1) is 20.9. The van der Waals surface area contributed by atoms with Gasteiger partial charge in [0.25, 0.3) is 5.91 Å².